The monoisotopic (exact) mass is 296 g/mol. The highest BCUT2D eigenvalue weighted by Crippen LogP contribution is 2.20. The Kier molecular flexibility index (Phi) is 4.46. The molecule has 1 unspecified atom stereocenters. The number of amides is 3. The first-order chi connectivity index (χ1) is 9.49. The highest BCUT2D eigenvalue weighted by molar-refractivity contribution is 6.31. The van der Waals surface area contributed by atoms with Gasteiger partial charge in [0.05, 0.1) is 0 Å². The van der Waals surface area contributed by atoms with E-state index in [9.17, 15) is 9.59 Å². The Morgan fingerprint density at radius 2 is 2.25 bits per heavy atom. The molecule has 1 atom stereocenters. The van der Waals surface area contributed by atoms with E-state index in [1.165, 1.54) is 4.90 Å². The molecule has 1 fully saturated rings. The third kappa shape index (κ3) is 3.20. The molecule has 0 radical (unpaired) electrons. The van der Waals surface area contributed by atoms with Gasteiger partial charge in [-0.3, -0.25) is 4.79 Å². The van der Waals surface area contributed by atoms with Crippen molar-refractivity contribution in [3.63, 3.8) is 0 Å². The molecule has 1 aliphatic heterocycles. The summed E-state index contributed by atoms with van der Waals surface area (Å²) in [6, 6.07) is 4.28. The highest BCUT2D eigenvalue weighted by Gasteiger charge is 2.30. The van der Waals surface area contributed by atoms with E-state index in [1.54, 1.807) is 12.1 Å². The number of primary amides is 1. The van der Waals surface area contributed by atoms with Gasteiger partial charge in [0.2, 0.25) is 5.91 Å². The standard InChI is InChI=1S/C13H17ClN4O2/c1-8-2-3-9(6-10(8)14)17-13(20)18-5-4-16-7-11(18)12(15)19/h2-3,6,11,16H,4-5,7H2,1H3,(H2,15,19)(H,17,20). The maximum absolute atomic E-state index is 12.2. The van der Waals surface area contributed by atoms with Crippen molar-refractivity contribution in [1.82, 2.24) is 10.2 Å². The number of benzene rings is 1. The number of piperazine rings is 1. The van der Waals surface area contributed by atoms with Crippen LogP contribution in [0.1, 0.15) is 5.56 Å². The summed E-state index contributed by atoms with van der Waals surface area (Å²) in [4.78, 5) is 25.0. The number of hydrogen-bond donors (Lipinski definition) is 3. The lowest BCUT2D eigenvalue weighted by Crippen LogP contribution is -2.59. The van der Waals surface area contributed by atoms with Crippen LogP contribution in [0.2, 0.25) is 5.02 Å². The summed E-state index contributed by atoms with van der Waals surface area (Å²) in [6.07, 6.45) is 0. The minimum Gasteiger partial charge on any atom is -0.368 e. The van der Waals surface area contributed by atoms with E-state index in [0.29, 0.717) is 30.3 Å². The molecule has 20 heavy (non-hydrogen) atoms. The van der Waals surface area contributed by atoms with Crippen molar-refractivity contribution in [2.75, 3.05) is 25.0 Å². The number of rotatable bonds is 2. The summed E-state index contributed by atoms with van der Waals surface area (Å²) in [5.41, 5.74) is 6.83. The van der Waals surface area contributed by atoms with E-state index in [4.69, 9.17) is 17.3 Å². The summed E-state index contributed by atoms with van der Waals surface area (Å²) in [7, 11) is 0. The number of nitrogens with two attached hydrogens (primary N) is 1. The van der Waals surface area contributed by atoms with Crippen LogP contribution in [0.25, 0.3) is 0 Å². The van der Waals surface area contributed by atoms with Gasteiger partial charge in [0.25, 0.3) is 0 Å². The van der Waals surface area contributed by atoms with Crippen LogP contribution < -0.4 is 16.4 Å². The molecule has 1 aromatic rings. The second-order valence-electron chi connectivity index (χ2n) is 4.71. The third-order valence-electron chi connectivity index (χ3n) is 3.26. The van der Waals surface area contributed by atoms with Crippen LogP contribution in [0.5, 0.6) is 0 Å². The molecular formula is C13H17ClN4O2. The Balaban J connectivity index is 2.09. The minimum absolute atomic E-state index is 0.352. The molecular weight excluding hydrogens is 280 g/mol. The Morgan fingerprint density at radius 3 is 2.90 bits per heavy atom. The molecule has 0 saturated carbocycles. The second kappa shape index (κ2) is 6.11. The number of nitrogens with zero attached hydrogens (tertiary/aromatic N) is 1. The number of carbonyl (C=O) groups excluding carboxylic acids is 2. The SMILES string of the molecule is Cc1ccc(NC(=O)N2CCNCC2C(N)=O)cc1Cl. The van der Waals surface area contributed by atoms with Crippen LogP contribution in [0.4, 0.5) is 10.5 Å². The molecule has 0 aromatic heterocycles. The van der Waals surface area contributed by atoms with Crippen LogP contribution in [0.3, 0.4) is 0 Å². The van der Waals surface area contributed by atoms with Crippen LogP contribution in [-0.4, -0.2) is 42.5 Å². The van der Waals surface area contributed by atoms with Gasteiger partial charge in [-0.15, -0.1) is 0 Å². The third-order valence-corrected chi connectivity index (χ3v) is 3.66. The van der Waals surface area contributed by atoms with Crippen LogP contribution in [0.15, 0.2) is 18.2 Å². The molecule has 108 valence electrons. The van der Waals surface area contributed by atoms with Crippen LogP contribution in [0, 0.1) is 6.92 Å². The zero-order valence-corrected chi connectivity index (χ0v) is 11.9. The first-order valence-corrected chi connectivity index (χ1v) is 6.70. The van der Waals surface area contributed by atoms with Crippen molar-refractivity contribution >= 4 is 29.2 Å². The lowest BCUT2D eigenvalue weighted by molar-refractivity contribution is -0.122. The zero-order chi connectivity index (χ0) is 14.7. The fraction of sp³-hybridized carbons (Fsp3) is 0.385. The fourth-order valence-electron chi connectivity index (χ4n) is 2.07. The number of halogens is 1. The van der Waals surface area contributed by atoms with Gasteiger partial charge in [0.1, 0.15) is 6.04 Å². The molecule has 1 heterocycles. The van der Waals surface area contributed by atoms with E-state index in [-0.39, 0.29) is 6.03 Å². The molecule has 6 nitrogen and oxygen atoms in total. The van der Waals surface area contributed by atoms with Crippen molar-refractivity contribution in [2.24, 2.45) is 5.73 Å². The first kappa shape index (κ1) is 14.6. The highest BCUT2D eigenvalue weighted by atomic mass is 35.5. The predicted molar refractivity (Wildman–Crippen MR) is 77.8 cm³/mol. The number of aryl methyl sites for hydroxylation is 1. The summed E-state index contributed by atoms with van der Waals surface area (Å²) in [5, 5.41) is 6.35. The number of anilines is 1. The van der Waals surface area contributed by atoms with Gasteiger partial charge in [-0.1, -0.05) is 17.7 Å². The maximum Gasteiger partial charge on any atom is 0.322 e. The van der Waals surface area contributed by atoms with Gasteiger partial charge in [-0.2, -0.15) is 0 Å². The molecule has 3 amide bonds. The Bertz CT molecular complexity index is 535. The van der Waals surface area contributed by atoms with Crippen molar-refractivity contribution < 1.29 is 9.59 Å². The fourth-order valence-corrected chi connectivity index (χ4v) is 2.25. The molecule has 1 aromatic carbocycles. The Hall–Kier alpha value is -1.79. The van der Waals surface area contributed by atoms with E-state index in [0.717, 1.165) is 5.56 Å². The number of hydrogen-bond acceptors (Lipinski definition) is 3. The molecule has 4 N–H and O–H groups in total. The Morgan fingerprint density at radius 1 is 1.50 bits per heavy atom. The van der Waals surface area contributed by atoms with Crippen molar-refractivity contribution in [2.45, 2.75) is 13.0 Å². The number of carbonyl (C=O) groups is 2. The topological polar surface area (TPSA) is 87.5 Å². The largest absolute Gasteiger partial charge is 0.368 e. The lowest BCUT2D eigenvalue weighted by atomic mass is 10.2. The summed E-state index contributed by atoms with van der Waals surface area (Å²) in [5.74, 6) is -0.519. The summed E-state index contributed by atoms with van der Waals surface area (Å²) < 4.78 is 0. The average Bonchev–Trinajstić information content (AvgIpc) is 2.43. The summed E-state index contributed by atoms with van der Waals surface area (Å²) in [6.45, 7) is 3.32. The Labute approximate surface area is 122 Å². The molecule has 1 aliphatic rings. The zero-order valence-electron chi connectivity index (χ0n) is 11.1. The number of urea groups is 1. The van der Waals surface area contributed by atoms with Crippen molar-refractivity contribution in [3.8, 4) is 0 Å². The van der Waals surface area contributed by atoms with Gasteiger partial charge in [-0.05, 0) is 24.6 Å². The van der Waals surface area contributed by atoms with Crippen LogP contribution >= 0.6 is 11.6 Å². The molecule has 2 rings (SSSR count). The number of nitrogens with one attached hydrogen (secondary N) is 2. The molecule has 0 bridgehead atoms. The lowest BCUT2D eigenvalue weighted by Gasteiger charge is -2.34. The quantitative estimate of drug-likeness (QED) is 0.759. The maximum atomic E-state index is 12.2. The normalized spacial score (nSPS) is 18.7. The van der Waals surface area contributed by atoms with E-state index < -0.39 is 11.9 Å². The second-order valence-corrected chi connectivity index (χ2v) is 5.12. The van der Waals surface area contributed by atoms with E-state index in [2.05, 4.69) is 10.6 Å². The van der Waals surface area contributed by atoms with Gasteiger partial charge >= 0.3 is 6.03 Å². The van der Waals surface area contributed by atoms with Crippen molar-refractivity contribution in [1.29, 1.82) is 0 Å². The van der Waals surface area contributed by atoms with Gasteiger partial charge in [0, 0.05) is 30.3 Å². The average molecular weight is 297 g/mol. The summed E-state index contributed by atoms with van der Waals surface area (Å²) >= 11 is 6.01. The predicted octanol–water partition coefficient (Wildman–Crippen LogP) is 0.939. The molecule has 1 saturated heterocycles. The molecule has 0 spiro atoms. The van der Waals surface area contributed by atoms with E-state index in [1.807, 2.05) is 13.0 Å². The van der Waals surface area contributed by atoms with E-state index >= 15 is 0 Å². The first-order valence-electron chi connectivity index (χ1n) is 6.33. The van der Waals surface area contributed by atoms with Gasteiger partial charge in [-0.25, -0.2) is 4.79 Å². The van der Waals surface area contributed by atoms with Crippen LogP contribution in [-0.2, 0) is 4.79 Å². The van der Waals surface area contributed by atoms with Gasteiger partial charge < -0.3 is 21.3 Å². The van der Waals surface area contributed by atoms with Gasteiger partial charge in [0.15, 0.2) is 0 Å². The minimum atomic E-state index is -0.635. The smallest absolute Gasteiger partial charge is 0.322 e. The van der Waals surface area contributed by atoms with Crippen molar-refractivity contribution in [3.05, 3.63) is 28.8 Å². The molecule has 7 heteroatoms. The molecule has 0 aliphatic carbocycles.